The lowest BCUT2D eigenvalue weighted by Gasteiger charge is -2.14. The molecule has 0 aliphatic heterocycles. The van der Waals surface area contributed by atoms with Crippen molar-refractivity contribution in [3.05, 3.63) is 66.1 Å². The van der Waals surface area contributed by atoms with Gasteiger partial charge in [0.15, 0.2) is 0 Å². The van der Waals surface area contributed by atoms with Gasteiger partial charge in [-0.3, -0.25) is 14.5 Å². The Balaban J connectivity index is 1.49. The van der Waals surface area contributed by atoms with Gasteiger partial charge in [-0.2, -0.15) is 5.10 Å². The molecule has 29 heavy (non-hydrogen) atoms. The minimum atomic E-state index is -0.117. The molecule has 6 heteroatoms. The van der Waals surface area contributed by atoms with Crippen molar-refractivity contribution in [2.75, 3.05) is 6.61 Å². The number of amides is 1. The van der Waals surface area contributed by atoms with Gasteiger partial charge in [0.05, 0.1) is 30.6 Å². The maximum atomic E-state index is 12.5. The van der Waals surface area contributed by atoms with Crippen molar-refractivity contribution in [1.29, 1.82) is 0 Å². The van der Waals surface area contributed by atoms with Gasteiger partial charge in [-0.25, -0.2) is 0 Å². The fourth-order valence-corrected chi connectivity index (χ4v) is 3.84. The summed E-state index contributed by atoms with van der Waals surface area (Å²) in [5, 5.41) is 7.82. The lowest BCUT2D eigenvalue weighted by Crippen LogP contribution is -2.23. The van der Waals surface area contributed by atoms with Crippen LogP contribution < -0.4 is 10.1 Å². The average Bonchev–Trinajstić information content (AvgIpc) is 3.43. The van der Waals surface area contributed by atoms with Crippen molar-refractivity contribution >= 4 is 5.91 Å². The molecular weight excluding hydrogens is 364 g/mol. The molecule has 0 saturated heterocycles. The minimum Gasteiger partial charge on any atom is -0.494 e. The van der Waals surface area contributed by atoms with E-state index >= 15 is 0 Å². The number of carbonyl (C=O) groups is 1. The van der Waals surface area contributed by atoms with Gasteiger partial charge < -0.3 is 10.1 Å². The first-order valence-electron chi connectivity index (χ1n) is 10.2. The van der Waals surface area contributed by atoms with E-state index in [2.05, 4.69) is 21.0 Å². The van der Waals surface area contributed by atoms with E-state index in [1.807, 2.05) is 31.2 Å². The van der Waals surface area contributed by atoms with Gasteiger partial charge in [0, 0.05) is 23.5 Å². The Morgan fingerprint density at radius 2 is 1.86 bits per heavy atom. The van der Waals surface area contributed by atoms with E-state index in [4.69, 9.17) is 9.84 Å². The van der Waals surface area contributed by atoms with Gasteiger partial charge in [0.2, 0.25) is 0 Å². The molecule has 3 aromatic rings. The summed E-state index contributed by atoms with van der Waals surface area (Å²) in [6.45, 7) is 2.93. The van der Waals surface area contributed by atoms with Crippen molar-refractivity contribution in [1.82, 2.24) is 20.1 Å². The number of carbonyl (C=O) groups excluding carboxylic acids is 1. The molecule has 1 aromatic carbocycles. The van der Waals surface area contributed by atoms with Crippen LogP contribution in [0.2, 0.25) is 0 Å². The molecule has 150 valence electrons. The van der Waals surface area contributed by atoms with Crippen LogP contribution in [0.15, 0.2) is 54.9 Å². The summed E-state index contributed by atoms with van der Waals surface area (Å²) in [4.78, 5) is 16.6. The van der Waals surface area contributed by atoms with Gasteiger partial charge >= 0.3 is 0 Å². The number of hydrogen-bond donors (Lipinski definition) is 1. The van der Waals surface area contributed by atoms with E-state index in [1.54, 1.807) is 24.5 Å². The number of ether oxygens (including phenoxy) is 1. The second-order valence-electron chi connectivity index (χ2n) is 7.28. The summed E-state index contributed by atoms with van der Waals surface area (Å²) in [7, 11) is 0. The van der Waals surface area contributed by atoms with Crippen LogP contribution in [-0.2, 0) is 6.54 Å². The van der Waals surface area contributed by atoms with Gasteiger partial charge in [-0.05, 0) is 62.2 Å². The highest BCUT2D eigenvalue weighted by Gasteiger charge is 2.22. The highest BCUT2D eigenvalue weighted by atomic mass is 16.5. The SMILES string of the molecule is CCOc1ccc(C(=O)NCc2cc(-c3ccncc3)n(C3CCCC3)n2)cc1. The average molecular weight is 390 g/mol. The molecule has 4 rings (SSSR count). The predicted octanol–water partition coefficient (Wildman–Crippen LogP) is 4.39. The summed E-state index contributed by atoms with van der Waals surface area (Å²) in [6, 6.07) is 13.7. The smallest absolute Gasteiger partial charge is 0.251 e. The monoisotopic (exact) mass is 390 g/mol. The zero-order valence-corrected chi connectivity index (χ0v) is 16.7. The number of pyridine rings is 1. The van der Waals surface area contributed by atoms with Crippen molar-refractivity contribution in [2.45, 2.75) is 45.2 Å². The van der Waals surface area contributed by atoms with Crippen LogP contribution in [0, 0.1) is 0 Å². The molecule has 0 radical (unpaired) electrons. The zero-order valence-electron chi connectivity index (χ0n) is 16.7. The molecule has 0 bridgehead atoms. The molecule has 1 saturated carbocycles. The maximum Gasteiger partial charge on any atom is 0.251 e. The first kappa shape index (κ1) is 19.2. The van der Waals surface area contributed by atoms with Crippen LogP contribution in [0.4, 0.5) is 0 Å². The molecule has 2 aromatic heterocycles. The summed E-state index contributed by atoms with van der Waals surface area (Å²) < 4.78 is 7.57. The van der Waals surface area contributed by atoms with Crippen molar-refractivity contribution in [2.24, 2.45) is 0 Å². The molecule has 1 fully saturated rings. The molecule has 1 aliphatic carbocycles. The van der Waals surface area contributed by atoms with Gasteiger partial charge in [-0.15, -0.1) is 0 Å². The van der Waals surface area contributed by atoms with E-state index in [9.17, 15) is 4.79 Å². The number of benzene rings is 1. The molecule has 0 atom stereocenters. The third kappa shape index (κ3) is 4.47. The number of nitrogens with one attached hydrogen (secondary N) is 1. The topological polar surface area (TPSA) is 69.0 Å². The third-order valence-corrected chi connectivity index (χ3v) is 5.29. The fourth-order valence-electron chi connectivity index (χ4n) is 3.84. The first-order valence-corrected chi connectivity index (χ1v) is 10.2. The van der Waals surface area contributed by atoms with Crippen LogP contribution in [0.1, 0.15) is 54.7 Å². The molecule has 2 heterocycles. The Kier molecular flexibility index (Phi) is 5.89. The van der Waals surface area contributed by atoms with Crippen LogP contribution in [0.25, 0.3) is 11.3 Å². The predicted molar refractivity (Wildman–Crippen MR) is 112 cm³/mol. The summed E-state index contributed by atoms with van der Waals surface area (Å²) in [5.74, 6) is 0.648. The van der Waals surface area contributed by atoms with Gasteiger partial charge in [-0.1, -0.05) is 12.8 Å². The van der Waals surface area contributed by atoms with Crippen LogP contribution in [0.5, 0.6) is 5.75 Å². The number of nitrogens with zero attached hydrogens (tertiary/aromatic N) is 3. The third-order valence-electron chi connectivity index (χ3n) is 5.29. The normalized spacial score (nSPS) is 14.1. The highest BCUT2D eigenvalue weighted by Crippen LogP contribution is 2.33. The molecule has 0 spiro atoms. The Morgan fingerprint density at radius 1 is 1.14 bits per heavy atom. The molecular formula is C23H26N4O2. The van der Waals surface area contributed by atoms with Crippen molar-refractivity contribution in [3.8, 4) is 17.0 Å². The van der Waals surface area contributed by atoms with E-state index in [-0.39, 0.29) is 5.91 Å². The van der Waals surface area contributed by atoms with Crippen molar-refractivity contribution < 1.29 is 9.53 Å². The lowest BCUT2D eigenvalue weighted by atomic mass is 10.1. The quantitative estimate of drug-likeness (QED) is 0.650. The summed E-state index contributed by atoms with van der Waals surface area (Å²) >= 11 is 0. The standard InChI is InChI=1S/C23H26N4O2/c1-2-29-21-9-7-18(8-10-21)23(28)25-16-19-15-22(17-11-13-24-14-12-17)27(26-19)20-5-3-4-6-20/h7-15,20H,2-6,16H2,1H3,(H,25,28). The zero-order chi connectivity index (χ0) is 20.1. The lowest BCUT2D eigenvalue weighted by molar-refractivity contribution is 0.0950. The molecule has 1 amide bonds. The Labute approximate surface area is 170 Å². The second-order valence-corrected chi connectivity index (χ2v) is 7.28. The fraction of sp³-hybridized carbons (Fsp3) is 0.348. The Morgan fingerprint density at radius 3 is 2.55 bits per heavy atom. The van der Waals surface area contributed by atoms with E-state index in [1.165, 1.54) is 12.8 Å². The largest absolute Gasteiger partial charge is 0.494 e. The number of rotatable bonds is 7. The van der Waals surface area contributed by atoms with E-state index in [0.29, 0.717) is 24.8 Å². The number of hydrogen-bond acceptors (Lipinski definition) is 4. The summed E-state index contributed by atoms with van der Waals surface area (Å²) in [6.07, 6.45) is 8.38. The molecule has 1 N–H and O–H groups in total. The molecule has 1 aliphatic rings. The van der Waals surface area contributed by atoms with Crippen LogP contribution in [-0.4, -0.2) is 27.3 Å². The van der Waals surface area contributed by atoms with Crippen LogP contribution in [0.3, 0.4) is 0 Å². The minimum absolute atomic E-state index is 0.117. The van der Waals surface area contributed by atoms with Gasteiger partial charge in [0.25, 0.3) is 5.91 Å². The van der Waals surface area contributed by atoms with Crippen LogP contribution >= 0.6 is 0 Å². The maximum absolute atomic E-state index is 12.5. The Bertz CT molecular complexity index is 945. The first-order chi connectivity index (χ1) is 14.2. The van der Waals surface area contributed by atoms with Crippen molar-refractivity contribution in [3.63, 3.8) is 0 Å². The van der Waals surface area contributed by atoms with E-state index < -0.39 is 0 Å². The molecule has 0 unspecified atom stereocenters. The molecule has 6 nitrogen and oxygen atoms in total. The Hall–Kier alpha value is -3.15. The van der Waals surface area contributed by atoms with Gasteiger partial charge in [0.1, 0.15) is 5.75 Å². The van der Waals surface area contributed by atoms with E-state index in [0.717, 1.165) is 35.5 Å². The highest BCUT2D eigenvalue weighted by molar-refractivity contribution is 5.94. The second kappa shape index (κ2) is 8.90. The summed E-state index contributed by atoms with van der Waals surface area (Å²) in [5.41, 5.74) is 3.66. The number of aromatic nitrogens is 3.